The fourth-order valence-corrected chi connectivity index (χ4v) is 2.29. The highest BCUT2D eigenvalue weighted by Gasteiger charge is 2.16. The molecule has 0 aromatic carbocycles. The van der Waals surface area contributed by atoms with E-state index < -0.39 is 0 Å². The summed E-state index contributed by atoms with van der Waals surface area (Å²) >= 11 is 1.73. The van der Waals surface area contributed by atoms with Crippen LogP contribution in [0.25, 0.3) is 0 Å². The van der Waals surface area contributed by atoms with E-state index in [2.05, 4.69) is 23.4 Å². The topological polar surface area (TPSA) is 12.4 Å². The van der Waals surface area contributed by atoms with Gasteiger partial charge in [-0.05, 0) is 31.2 Å². The molecule has 2 heteroatoms. The first kappa shape index (κ1) is 9.85. The van der Waals surface area contributed by atoms with Gasteiger partial charge in [-0.25, -0.2) is 0 Å². The Morgan fingerprint density at radius 2 is 2.08 bits per heavy atom. The first-order valence-corrected chi connectivity index (χ1v) is 5.87. The van der Waals surface area contributed by atoms with Crippen LogP contribution in [0.5, 0.6) is 0 Å². The van der Waals surface area contributed by atoms with Crippen molar-refractivity contribution in [1.29, 1.82) is 0 Å². The molecule has 0 saturated heterocycles. The summed E-state index contributed by atoms with van der Waals surface area (Å²) in [6.45, 7) is 3.62. The molecule has 0 radical (unpaired) electrons. The smallest absolute Gasteiger partial charge is 0.0489 e. The lowest BCUT2D eigenvalue weighted by Gasteiger charge is -2.21. The Hall–Kier alpha value is -0.240. The lowest BCUT2D eigenvalue weighted by molar-refractivity contribution is 0.401. The van der Waals surface area contributed by atoms with Gasteiger partial charge in [-0.15, -0.1) is 11.8 Å². The Labute approximate surface area is 79.3 Å². The van der Waals surface area contributed by atoms with Gasteiger partial charge in [0.2, 0.25) is 0 Å². The van der Waals surface area contributed by atoms with Crippen LogP contribution in [0.15, 0.2) is 16.1 Å². The molecule has 0 N–H and O–H groups in total. The third kappa shape index (κ3) is 2.67. The molecule has 1 fully saturated rings. The zero-order valence-electron chi connectivity index (χ0n) is 7.75. The number of aliphatic imine (C=N–C) groups is 1. The number of allylic oxidation sites excluding steroid dienone is 1. The van der Waals surface area contributed by atoms with Gasteiger partial charge in [0.15, 0.2) is 0 Å². The highest BCUT2D eigenvalue weighted by molar-refractivity contribution is 8.01. The second kappa shape index (κ2) is 5.41. The normalized spacial score (nSPS) is 20.9. The number of hydrogen-bond donors (Lipinski definition) is 0. The molecule has 0 spiro atoms. The molecule has 0 unspecified atom stereocenters. The van der Waals surface area contributed by atoms with E-state index in [-0.39, 0.29) is 0 Å². The van der Waals surface area contributed by atoms with Gasteiger partial charge in [0, 0.05) is 11.6 Å². The zero-order valence-corrected chi connectivity index (χ0v) is 8.57. The van der Waals surface area contributed by atoms with Crippen LogP contribution in [0, 0.1) is 5.92 Å². The van der Waals surface area contributed by atoms with Gasteiger partial charge in [-0.3, -0.25) is 4.99 Å². The Bertz CT molecular complexity index is 169. The van der Waals surface area contributed by atoms with Crippen LogP contribution in [-0.4, -0.2) is 13.0 Å². The molecule has 1 rings (SSSR count). The highest BCUT2D eigenvalue weighted by Crippen LogP contribution is 2.30. The van der Waals surface area contributed by atoms with E-state index in [4.69, 9.17) is 0 Å². The molecule has 1 saturated carbocycles. The summed E-state index contributed by atoms with van der Waals surface area (Å²) in [5.41, 5.74) is 1.21. The maximum absolute atomic E-state index is 4.09. The SMILES string of the molecule is C=N/C(=C\SC)C1CCCCC1. The maximum Gasteiger partial charge on any atom is 0.0489 e. The highest BCUT2D eigenvalue weighted by atomic mass is 32.2. The number of thioether (sulfide) groups is 1. The first-order valence-electron chi connectivity index (χ1n) is 4.58. The standard InChI is InChI=1S/C10H17NS/c1-11-10(8-12-2)9-6-4-3-5-7-9/h8-9H,1,3-7H2,2H3/b10-8-. The molecule has 0 atom stereocenters. The summed E-state index contributed by atoms with van der Waals surface area (Å²) in [6, 6.07) is 0. The molecule has 68 valence electrons. The zero-order chi connectivity index (χ0) is 8.81. The molecular formula is C10H17NS. The van der Waals surface area contributed by atoms with Gasteiger partial charge < -0.3 is 0 Å². The van der Waals surface area contributed by atoms with E-state index in [1.54, 1.807) is 11.8 Å². The number of nitrogens with zero attached hydrogens (tertiary/aromatic N) is 1. The van der Waals surface area contributed by atoms with E-state index in [1.807, 2.05) is 0 Å². The fraction of sp³-hybridized carbons (Fsp3) is 0.700. The van der Waals surface area contributed by atoms with Gasteiger partial charge in [0.1, 0.15) is 0 Å². The van der Waals surface area contributed by atoms with Crippen molar-refractivity contribution in [3.8, 4) is 0 Å². The van der Waals surface area contributed by atoms with Crippen LogP contribution in [0.1, 0.15) is 32.1 Å². The molecule has 0 amide bonds. The number of rotatable bonds is 3. The molecule has 0 aromatic rings. The molecule has 1 nitrogen and oxygen atoms in total. The van der Waals surface area contributed by atoms with Crippen molar-refractivity contribution in [3.05, 3.63) is 11.1 Å². The minimum atomic E-state index is 0.698. The Morgan fingerprint density at radius 1 is 1.42 bits per heavy atom. The minimum Gasteiger partial charge on any atom is -0.268 e. The molecule has 0 bridgehead atoms. The predicted octanol–water partition coefficient (Wildman–Crippen LogP) is 3.47. The molecule has 12 heavy (non-hydrogen) atoms. The van der Waals surface area contributed by atoms with Crippen molar-refractivity contribution < 1.29 is 0 Å². The van der Waals surface area contributed by atoms with Crippen LogP contribution in [-0.2, 0) is 0 Å². The Kier molecular flexibility index (Phi) is 4.44. The average Bonchev–Trinajstić information content (AvgIpc) is 2.15. The minimum absolute atomic E-state index is 0.698. The van der Waals surface area contributed by atoms with Crippen LogP contribution >= 0.6 is 11.8 Å². The lowest BCUT2D eigenvalue weighted by atomic mass is 9.87. The van der Waals surface area contributed by atoms with Crippen LogP contribution in [0.3, 0.4) is 0 Å². The predicted molar refractivity (Wildman–Crippen MR) is 57.7 cm³/mol. The molecule has 1 aliphatic rings. The third-order valence-corrected chi connectivity index (χ3v) is 2.92. The van der Waals surface area contributed by atoms with E-state index in [1.165, 1.54) is 37.8 Å². The summed E-state index contributed by atoms with van der Waals surface area (Å²) in [6.07, 6.45) is 8.84. The van der Waals surface area contributed by atoms with Gasteiger partial charge >= 0.3 is 0 Å². The van der Waals surface area contributed by atoms with E-state index in [0.29, 0.717) is 5.92 Å². The summed E-state index contributed by atoms with van der Waals surface area (Å²) in [4.78, 5) is 4.09. The van der Waals surface area contributed by atoms with Crippen molar-refractivity contribution in [2.75, 3.05) is 6.26 Å². The van der Waals surface area contributed by atoms with E-state index in [9.17, 15) is 0 Å². The van der Waals surface area contributed by atoms with Gasteiger partial charge in [-0.2, -0.15) is 0 Å². The fourth-order valence-electron chi connectivity index (χ4n) is 1.78. The molecular weight excluding hydrogens is 166 g/mol. The molecule has 0 aromatic heterocycles. The van der Waals surface area contributed by atoms with Crippen molar-refractivity contribution in [3.63, 3.8) is 0 Å². The third-order valence-electron chi connectivity index (χ3n) is 2.44. The van der Waals surface area contributed by atoms with E-state index >= 15 is 0 Å². The number of hydrogen-bond acceptors (Lipinski definition) is 2. The Morgan fingerprint density at radius 3 is 2.58 bits per heavy atom. The summed E-state index contributed by atoms with van der Waals surface area (Å²) in [5.74, 6) is 0.698. The van der Waals surface area contributed by atoms with Crippen molar-refractivity contribution in [1.82, 2.24) is 0 Å². The van der Waals surface area contributed by atoms with Gasteiger partial charge in [-0.1, -0.05) is 19.3 Å². The monoisotopic (exact) mass is 183 g/mol. The van der Waals surface area contributed by atoms with Crippen LogP contribution in [0.4, 0.5) is 0 Å². The summed E-state index contributed by atoms with van der Waals surface area (Å²) < 4.78 is 0. The maximum atomic E-state index is 4.09. The molecule has 0 heterocycles. The Balaban J connectivity index is 2.51. The quantitative estimate of drug-likeness (QED) is 0.610. The summed E-state index contributed by atoms with van der Waals surface area (Å²) in [7, 11) is 0. The molecule has 0 aliphatic heterocycles. The largest absolute Gasteiger partial charge is 0.268 e. The first-order chi connectivity index (χ1) is 5.88. The second-order valence-corrected chi connectivity index (χ2v) is 3.98. The van der Waals surface area contributed by atoms with Crippen LogP contribution < -0.4 is 0 Å². The van der Waals surface area contributed by atoms with Crippen molar-refractivity contribution in [2.45, 2.75) is 32.1 Å². The van der Waals surface area contributed by atoms with Crippen molar-refractivity contribution >= 4 is 18.5 Å². The van der Waals surface area contributed by atoms with Crippen molar-refractivity contribution in [2.24, 2.45) is 10.9 Å². The summed E-state index contributed by atoms with van der Waals surface area (Å²) in [5, 5.41) is 2.14. The average molecular weight is 183 g/mol. The molecule has 1 aliphatic carbocycles. The lowest BCUT2D eigenvalue weighted by Crippen LogP contribution is -2.07. The second-order valence-electron chi connectivity index (χ2n) is 3.27. The van der Waals surface area contributed by atoms with Gasteiger partial charge in [0.25, 0.3) is 0 Å². The van der Waals surface area contributed by atoms with Crippen LogP contribution in [0.2, 0.25) is 0 Å². The van der Waals surface area contributed by atoms with Gasteiger partial charge in [0.05, 0.1) is 0 Å². The van der Waals surface area contributed by atoms with E-state index in [0.717, 1.165) is 0 Å².